The number of nitro benzene ring substituents is 1. The molecular weight excluding hydrogens is 470 g/mol. The van der Waals surface area contributed by atoms with Crippen molar-refractivity contribution < 1.29 is 19.2 Å². The Balaban J connectivity index is 0.000000225. The maximum Gasteiger partial charge on any atom is 0.280 e. The maximum absolute atomic E-state index is 12.3. The molecule has 3 N–H and O–H groups in total. The molecule has 0 radical (unpaired) electrons. The molecule has 7 nitrogen and oxygen atoms in total. The first-order valence-corrected chi connectivity index (χ1v) is 16.7. The molecule has 2 aromatic carbocycles. The molecule has 4 rings (SSSR count). The van der Waals surface area contributed by atoms with E-state index in [1.54, 1.807) is 26.7 Å². The van der Waals surface area contributed by atoms with Gasteiger partial charge in [-0.1, -0.05) is 12.1 Å². The van der Waals surface area contributed by atoms with Gasteiger partial charge in [0, 0.05) is 24.2 Å². The highest BCUT2D eigenvalue weighted by Crippen LogP contribution is 2.47. The Morgan fingerprint density at radius 2 is 1.21 bits per heavy atom. The zero-order valence-corrected chi connectivity index (χ0v) is 23.1. The third-order valence-electron chi connectivity index (χ3n) is 6.26. The Kier molecular flexibility index (Phi) is 8.96. The molecule has 0 atom stereocenters. The first-order valence-electron chi connectivity index (χ1n) is 11.5. The number of hydrogen-bond donors (Lipinski definition) is 2. The summed E-state index contributed by atoms with van der Waals surface area (Å²) in [5.41, 5.74) is 11.1. The zero-order valence-electron chi connectivity index (χ0n) is 21.3. The Labute approximate surface area is 203 Å². The first kappa shape index (κ1) is 28.3. The molecule has 0 amide bonds. The molecule has 0 bridgehead atoms. The number of aliphatic hydroxyl groups is 1. The van der Waals surface area contributed by atoms with E-state index < -0.39 is 19.2 Å². The second-order valence-corrected chi connectivity index (χ2v) is 16.2. The van der Waals surface area contributed by atoms with Crippen molar-refractivity contribution in [1.29, 1.82) is 0 Å². The predicted octanol–water partition coefficient (Wildman–Crippen LogP) is 5.34. The molecule has 34 heavy (non-hydrogen) atoms. The smallest absolute Gasteiger partial charge is 0.280 e. The van der Waals surface area contributed by atoms with Crippen molar-refractivity contribution in [2.45, 2.75) is 51.4 Å². The minimum absolute atomic E-state index is 0.000216. The average molecular weight is 509 g/mol. The summed E-state index contributed by atoms with van der Waals surface area (Å²) in [4.78, 5) is 10.6. The molecule has 0 heterocycles. The van der Waals surface area contributed by atoms with Gasteiger partial charge in [0.2, 0.25) is 0 Å². The second kappa shape index (κ2) is 10.8. The summed E-state index contributed by atoms with van der Waals surface area (Å²) < 4.78 is 24.4. The number of rotatable bonds is 5. The summed E-state index contributed by atoms with van der Waals surface area (Å²) in [5.74, 6) is 1.21. The highest BCUT2D eigenvalue weighted by Gasteiger charge is 2.32. The van der Waals surface area contributed by atoms with E-state index in [0.717, 1.165) is 41.9 Å². The third kappa shape index (κ3) is 6.59. The lowest BCUT2D eigenvalue weighted by Gasteiger charge is -2.17. The van der Waals surface area contributed by atoms with E-state index in [4.69, 9.17) is 10.8 Å². The molecule has 0 unspecified atom stereocenters. The van der Waals surface area contributed by atoms with Crippen LogP contribution in [0.3, 0.4) is 0 Å². The molecule has 2 aromatic rings. The fourth-order valence-corrected chi connectivity index (χ4v) is 7.93. The van der Waals surface area contributed by atoms with Crippen LogP contribution in [0.25, 0.3) is 0 Å². The van der Waals surface area contributed by atoms with Gasteiger partial charge in [-0.25, -0.2) is 0 Å². The predicted molar refractivity (Wildman–Crippen MR) is 144 cm³/mol. The molecule has 2 saturated carbocycles. The number of nitrogen functional groups attached to an aromatic ring is 1. The molecule has 0 aliphatic heterocycles. The van der Waals surface area contributed by atoms with Gasteiger partial charge in [-0.05, 0) is 106 Å². The topological polar surface area (TPSA) is 124 Å². The fraction of sp³-hybridized carbons (Fsp3) is 0.520. The minimum Gasteiger partial charge on any atom is -0.400 e. The lowest BCUT2D eigenvalue weighted by Crippen LogP contribution is -2.15. The fourth-order valence-electron chi connectivity index (χ4n) is 4.65. The van der Waals surface area contributed by atoms with Crippen molar-refractivity contribution in [2.24, 2.45) is 0 Å². The lowest BCUT2D eigenvalue weighted by molar-refractivity contribution is -0.383. The normalized spacial score (nSPS) is 15.5. The van der Waals surface area contributed by atoms with Crippen LogP contribution >= 0.6 is 14.3 Å². The summed E-state index contributed by atoms with van der Waals surface area (Å²) in [6.45, 7) is 10.7. The Morgan fingerprint density at radius 3 is 1.56 bits per heavy atom. The molecule has 0 aromatic heterocycles. The summed E-state index contributed by atoms with van der Waals surface area (Å²) in [6, 6.07) is 7.34. The van der Waals surface area contributed by atoms with Crippen LogP contribution in [0.15, 0.2) is 24.3 Å². The van der Waals surface area contributed by atoms with E-state index in [9.17, 15) is 19.2 Å². The van der Waals surface area contributed by atoms with E-state index >= 15 is 0 Å². The van der Waals surface area contributed by atoms with Gasteiger partial charge in [0.15, 0.2) is 0 Å². The number of anilines is 1. The number of benzene rings is 2. The Hall–Kier alpha value is -1.94. The van der Waals surface area contributed by atoms with Crippen LogP contribution in [0.4, 0.5) is 11.4 Å². The number of hydrogen-bond acceptors (Lipinski definition) is 6. The summed E-state index contributed by atoms with van der Waals surface area (Å²) in [6.07, 6.45) is 4.80. The van der Waals surface area contributed by atoms with Gasteiger partial charge in [-0.2, -0.15) is 0 Å². The number of aliphatic hydroxyl groups excluding tert-OH is 1. The molecule has 2 fully saturated rings. The second-order valence-electron chi connectivity index (χ2n) is 9.87. The standard InChI is InChI=1S/C12H16NO3P.C12H18NOP.CH4O/c1-8-10(9-4-5-9)6-7-11(13(14)15)12(8)17(2,3)16;1-8-10(9-4-5-9)6-7-11(13)12(8)15(2,3)14;1-2/h6-7,9H,4-5H2,1-3H3;6-7,9H,4-5,13H2,1-3H3;2H,1H3. The van der Waals surface area contributed by atoms with Crippen LogP contribution in [-0.2, 0) is 9.13 Å². The summed E-state index contributed by atoms with van der Waals surface area (Å²) >= 11 is 0. The summed E-state index contributed by atoms with van der Waals surface area (Å²) in [5, 5.41) is 19.3. The number of nitro groups is 1. The van der Waals surface area contributed by atoms with Crippen LogP contribution in [-0.4, -0.2) is 43.8 Å². The lowest BCUT2D eigenvalue weighted by atomic mass is 10.0. The van der Waals surface area contributed by atoms with Crippen LogP contribution in [0.2, 0.25) is 0 Å². The van der Waals surface area contributed by atoms with Crippen LogP contribution in [0.5, 0.6) is 0 Å². The van der Waals surface area contributed by atoms with E-state index in [2.05, 4.69) is 13.0 Å². The zero-order chi connectivity index (χ0) is 26.0. The monoisotopic (exact) mass is 508 g/mol. The summed E-state index contributed by atoms with van der Waals surface area (Å²) in [7, 11) is -3.88. The van der Waals surface area contributed by atoms with Gasteiger partial charge in [-0.15, -0.1) is 0 Å². The molecule has 2 aliphatic carbocycles. The largest absolute Gasteiger partial charge is 0.400 e. The van der Waals surface area contributed by atoms with Crippen molar-refractivity contribution in [3.05, 3.63) is 56.6 Å². The average Bonchev–Trinajstić information content (AvgIpc) is 3.61. The van der Waals surface area contributed by atoms with Gasteiger partial charge < -0.3 is 20.0 Å². The Morgan fingerprint density at radius 1 is 0.824 bits per heavy atom. The van der Waals surface area contributed by atoms with Gasteiger partial charge in [0.05, 0.1) is 10.2 Å². The molecule has 0 spiro atoms. The molecular formula is C25H38N2O5P2. The van der Waals surface area contributed by atoms with Crippen LogP contribution in [0.1, 0.15) is 59.8 Å². The molecule has 0 saturated heterocycles. The van der Waals surface area contributed by atoms with Crippen LogP contribution < -0.4 is 16.3 Å². The van der Waals surface area contributed by atoms with Crippen molar-refractivity contribution in [2.75, 3.05) is 39.5 Å². The van der Waals surface area contributed by atoms with Gasteiger partial charge in [0.1, 0.15) is 14.3 Å². The molecule has 9 heteroatoms. The van der Waals surface area contributed by atoms with E-state index in [1.807, 2.05) is 19.1 Å². The van der Waals surface area contributed by atoms with E-state index in [0.29, 0.717) is 22.8 Å². The third-order valence-corrected chi connectivity index (χ3v) is 9.58. The van der Waals surface area contributed by atoms with Crippen molar-refractivity contribution in [3.63, 3.8) is 0 Å². The van der Waals surface area contributed by atoms with Gasteiger partial charge >= 0.3 is 0 Å². The van der Waals surface area contributed by atoms with E-state index in [-0.39, 0.29) is 5.69 Å². The Bertz CT molecular complexity index is 1160. The number of nitrogens with zero attached hydrogens (tertiary/aromatic N) is 1. The van der Waals surface area contributed by atoms with Crippen molar-refractivity contribution in [1.82, 2.24) is 0 Å². The van der Waals surface area contributed by atoms with E-state index in [1.165, 1.54) is 24.5 Å². The van der Waals surface area contributed by atoms with Crippen LogP contribution in [0, 0.1) is 24.0 Å². The van der Waals surface area contributed by atoms with Gasteiger partial charge in [-0.3, -0.25) is 10.1 Å². The SMILES string of the molecule is CO.Cc1c(C2CC2)ccc(N)c1P(C)(C)=O.Cc1c(C2CC2)ccc([N+](=O)[O-])c1P(C)(C)=O. The van der Waals surface area contributed by atoms with Crippen molar-refractivity contribution in [3.8, 4) is 0 Å². The first-order chi connectivity index (χ1) is 15.7. The highest BCUT2D eigenvalue weighted by molar-refractivity contribution is 7.70. The van der Waals surface area contributed by atoms with Crippen molar-refractivity contribution >= 4 is 36.3 Å². The minimum atomic E-state index is -2.63. The highest BCUT2D eigenvalue weighted by atomic mass is 31.2. The maximum atomic E-state index is 12.3. The molecule has 2 aliphatic rings. The number of nitrogens with two attached hydrogens (primary N) is 1. The quantitative estimate of drug-likeness (QED) is 0.243. The molecule has 188 valence electrons. The van der Waals surface area contributed by atoms with Gasteiger partial charge in [0.25, 0.3) is 5.69 Å².